The zero-order valence-corrected chi connectivity index (χ0v) is 16.6. The zero-order valence-electron chi connectivity index (χ0n) is 15.8. The van der Waals surface area contributed by atoms with Crippen molar-refractivity contribution in [1.82, 2.24) is 5.32 Å². The minimum Gasteiger partial charge on any atom is -0.493 e. The molecule has 0 aromatic heterocycles. The minimum atomic E-state index is -0.156. The minimum absolute atomic E-state index is 0.156. The topological polar surface area (TPSA) is 59.9 Å². The van der Waals surface area contributed by atoms with Gasteiger partial charge in [-0.25, -0.2) is 4.99 Å². The molecule has 2 aromatic carbocycles. The van der Waals surface area contributed by atoms with E-state index < -0.39 is 0 Å². The molecule has 0 saturated carbocycles. The average Bonchev–Trinajstić information content (AvgIpc) is 2.99. The van der Waals surface area contributed by atoms with Crippen molar-refractivity contribution < 1.29 is 14.3 Å². The van der Waals surface area contributed by atoms with Crippen LogP contribution in [0.2, 0.25) is 0 Å². The van der Waals surface area contributed by atoms with Gasteiger partial charge in [0.2, 0.25) is 0 Å². The lowest BCUT2D eigenvalue weighted by Gasteiger charge is -2.09. The molecule has 140 valence electrons. The maximum atomic E-state index is 12.3. The Labute approximate surface area is 163 Å². The molecule has 3 rings (SSSR count). The number of nitrogens with zero attached hydrogens (tertiary/aromatic N) is 1. The summed E-state index contributed by atoms with van der Waals surface area (Å²) in [6, 6.07) is 11.6. The first-order valence-corrected chi connectivity index (χ1v) is 9.50. The van der Waals surface area contributed by atoms with Crippen molar-refractivity contribution in [3.8, 4) is 11.5 Å². The van der Waals surface area contributed by atoms with Crippen LogP contribution in [-0.2, 0) is 4.79 Å². The van der Waals surface area contributed by atoms with Crippen LogP contribution in [0.25, 0.3) is 6.08 Å². The van der Waals surface area contributed by atoms with E-state index in [1.165, 1.54) is 17.3 Å². The number of benzene rings is 2. The van der Waals surface area contributed by atoms with E-state index in [1.54, 1.807) is 7.11 Å². The monoisotopic (exact) mass is 382 g/mol. The fourth-order valence-corrected chi connectivity index (χ4v) is 3.48. The fourth-order valence-electron chi connectivity index (χ4n) is 2.65. The molecular weight excluding hydrogens is 360 g/mol. The van der Waals surface area contributed by atoms with Crippen LogP contribution in [0.1, 0.15) is 23.6 Å². The molecular formula is C21H22N2O3S. The Bertz CT molecular complexity index is 935. The molecule has 0 unspecified atom stereocenters. The standard InChI is InChI=1S/C21H22N2O3S/c1-5-26-17-10-9-15(11-18(17)25-4)12-19-20(24)23-21(27-19)22-16-8-6-7-13(2)14(16)3/h6-12H,5H2,1-4H3,(H,22,23,24)/b19-12-. The summed E-state index contributed by atoms with van der Waals surface area (Å²) in [6.45, 7) is 6.56. The largest absolute Gasteiger partial charge is 0.493 e. The van der Waals surface area contributed by atoms with Crippen LogP contribution in [0.5, 0.6) is 11.5 Å². The SMILES string of the molecule is CCOc1ccc(/C=C2\SC(=Nc3cccc(C)c3C)NC2=O)cc1OC. The molecule has 0 atom stereocenters. The van der Waals surface area contributed by atoms with Crippen LogP contribution in [0.15, 0.2) is 46.3 Å². The second-order valence-corrected chi connectivity index (χ2v) is 7.07. The second kappa shape index (κ2) is 8.31. The summed E-state index contributed by atoms with van der Waals surface area (Å²) in [5, 5.41) is 3.41. The predicted octanol–water partition coefficient (Wildman–Crippen LogP) is 4.60. The van der Waals surface area contributed by atoms with Gasteiger partial charge in [0.25, 0.3) is 5.91 Å². The van der Waals surface area contributed by atoms with E-state index in [0.717, 1.165) is 16.8 Å². The van der Waals surface area contributed by atoms with E-state index in [9.17, 15) is 4.79 Å². The van der Waals surface area contributed by atoms with Gasteiger partial charge in [0, 0.05) is 0 Å². The van der Waals surface area contributed by atoms with E-state index >= 15 is 0 Å². The van der Waals surface area contributed by atoms with Crippen LogP contribution in [0.3, 0.4) is 0 Å². The number of aryl methyl sites for hydroxylation is 1. The number of hydrogen-bond acceptors (Lipinski definition) is 5. The molecule has 1 amide bonds. The predicted molar refractivity (Wildman–Crippen MR) is 111 cm³/mol. The van der Waals surface area contributed by atoms with Gasteiger partial charge in [-0.05, 0) is 73.5 Å². The number of methoxy groups -OCH3 is 1. The number of aliphatic imine (C=N–C) groups is 1. The third-order valence-electron chi connectivity index (χ3n) is 4.23. The third-order valence-corrected chi connectivity index (χ3v) is 5.14. The quantitative estimate of drug-likeness (QED) is 0.768. The first kappa shape index (κ1) is 19.0. The molecule has 27 heavy (non-hydrogen) atoms. The van der Waals surface area contributed by atoms with Gasteiger partial charge in [-0.1, -0.05) is 18.2 Å². The molecule has 1 N–H and O–H groups in total. The van der Waals surface area contributed by atoms with Crippen molar-refractivity contribution in [1.29, 1.82) is 0 Å². The molecule has 1 saturated heterocycles. The smallest absolute Gasteiger partial charge is 0.264 e. The molecule has 1 aliphatic rings. The Morgan fingerprint density at radius 2 is 2.00 bits per heavy atom. The summed E-state index contributed by atoms with van der Waals surface area (Å²) in [7, 11) is 1.60. The van der Waals surface area contributed by atoms with Crippen molar-refractivity contribution in [3.05, 3.63) is 58.0 Å². The summed E-state index contributed by atoms with van der Waals surface area (Å²) in [6.07, 6.45) is 1.82. The van der Waals surface area contributed by atoms with Gasteiger partial charge in [-0.3, -0.25) is 4.79 Å². The van der Waals surface area contributed by atoms with E-state index in [2.05, 4.69) is 10.3 Å². The van der Waals surface area contributed by atoms with Crippen LogP contribution in [0.4, 0.5) is 5.69 Å². The highest BCUT2D eigenvalue weighted by Crippen LogP contribution is 2.32. The lowest BCUT2D eigenvalue weighted by molar-refractivity contribution is -0.115. The van der Waals surface area contributed by atoms with Crippen molar-refractivity contribution in [2.24, 2.45) is 4.99 Å². The Morgan fingerprint density at radius 3 is 2.74 bits per heavy atom. The number of thioether (sulfide) groups is 1. The number of amidine groups is 1. The molecule has 6 heteroatoms. The number of carbonyl (C=O) groups excluding carboxylic acids is 1. The van der Waals surface area contributed by atoms with Crippen LogP contribution in [0, 0.1) is 13.8 Å². The maximum absolute atomic E-state index is 12.3. The normalized spacial score (nSPS) is 16.7. The number of nitrogens with one attached hydrogen (secondary N) is 1. The van der Waals surface area contributed by atoms with Gasteiger partial charge in [0.15, 0.2) is 16.7 Å². The Kier molecular flexibility index (Phi) is 5.86. The summed E-state index contributed by atoms with van der Waals surface area (Å²) >= 11 is 1.33. The van der Waals surface area contributed by atoms with E-state index in [4.69, 9.17) is 9.47 Å². The lowest BCUT2D eigenvalue weighted by Crippen LogP contribution is -2.19. The third kappa shape index (κ3) is 4.34. The molecule has 0 radical (unpaired) electrons. The molecule has 0 spiro atoms. The number of hydrogen-bond donors (Lipinski definition) is 1. The average molecular weight is 382 g/mol. The van der Waals surface area contributed by atoms with E-state index in [0.29, 0.717) is 28.2 Å². The molecule has 5 nitrogen and oxygen atoms in total. The Morgan fingerprint density at radius 1 is 1.19 bits per heavy atom. The van der Waals surface area contributed by atoms with Crippen molar-refractivity contribution >= 4 is 34.6 Å². The highest BCUT2D eigenvalue weighted by atomic mass is 32.2. The number of amides is 1. The maximum Gasteiger partial charge on any atom is 0.264 e. The molecule has 1 aliphatic heterocycles. The molecule has 2 aromatic rings. The molecule has 0 aliphatic carbocycles. The first-order chi connectivity index (χ1) is 13.0. The van der Waals surface area contributed by atoms with Gasteiger partial charge in [0.1, 0.15) is 0 Å². The summed E-state index contributed by atoms with van der Waals surface area (Å²) in [4.78, 5) is 17.5. The van der Waals surface area contributed by atoms with Crippen molar-refractivity contribution in [2.45, 2.75) is 20.8 Å². The number of rotatable bonds is 5. The highest BCUT2D eigenvalue weighted by Gasteiger charge is 2.24. The number of carbonyl (C=O) groups is 1. The van der Waals surface area contributed by atoms with Crippen LogP contribution < -0.4 is 14.8 Å². The zero-order chi connectivity index (χ0) is 19.4. The molecule has 1 fully saturated rings. The highest BCUT2D eigenvalue weighted by molar-refractivity contribution is 8.18. The van der Waals surface area contributed by atoms with Gasteiger partial charge in [-0.15, -0.1) is 0 Å². The van der Waals surface area contributed by atoms with Crippen molar-refractivity contribution in [2.75, 3.05) is 13.7 Å². The van der Waals surface area contributed by atoms with Crippen LogP contribution in [-0.4, -0.2) is 24.8 Å². The van der Waals surface area contributed by atoms with Gasteiger partial charge in [-0.2, -0.15) is 0 Å². The number of ether oxygens (including phenoxy) is 2. The lowest BCUT2D eigenvalue weighted by atomic mass is 10.1. The fraction of sp³-hybridized carbons (Fsp3) is 0.238. The van der Waals surface area contributed by atoms with Gasteiger partial charge >= 0.3 is 0 Å². The van der Waals surface area contributed by atoms with Crippen molar-refractivity contribution in [3.63, 3.8) is 0 Å². The summed E-state index contributed by atoms with van der Waals surface area (Å²) in [5.41, 5.74) is 4.00. The molecule has 0 bridgehead atoms. The van der Waals surface area contributed by atoms with E-state index in [1.807, 2.05) is 63.2 Å². The van der Waals surface area contributed by atoms with Gasteiger partial charge in [0.05, 0.1) is 24.3 Å². The summed E-state index contributed by atoms with van der Waals surface area (Å²) in [5.74, 6) is 1.17. The first-order valence-electron chi connectivity index (χ1n) is 8.68. The van der Waals surface area contributed by atoms with Crippen LogP contribution >= 0.6 is 11.8 Å². The molecule has 1 heterocycles. The Balaban J connectivity index is 1.85. The van der Waals surface area contributed by atoms with E-state index in [-0.39, 0.29) is 5.91 Å². The second-order valence-electron chi connectivity index (χ2n) is 6.04. The summed E-state index contributed by atoms with van der Waals surface area (Å²) < 4.78 is 10.9. The Hall–Kier alpha value is -2.73. The van der Waals surface area contributed by atoms with Gasteiger partial charge < -0.3 is 14.8 Å².